The third-order valence-corrected chi connectivity index (χ3v) is 6.08. The van der Waals surface area contributed by atoms with Gasteiger partial charge < -0.3 is 14.6 Å². The molecule has 1 aromatic heterocycles. The van der Waals surface area contributed by atoms with Gasteiger partial charge in [-0.25, -0.2) is 0 Å². The number of benzene rings is 1. The van der Waals surface area contributed by atoms with Gasteiger partial charge in [0.05, 0.1) is 12.2 Å². The number of hydrogen-bond donors (Lipinski definition) is 1. The Bertz CT molecular complexity index is 868. The van der Waals surface area contributed by atoms with Crippen molar-refractivity contribution in [2.75, 3.05) is 19.8 Å². The lowest BCUT2D eigenvalue weighted by Crippen LogP contribution is -2.68. The number of ether oxygens (including phenoxy) is 1. The van der Waals surface area contributed by atoms with E-state index in [0.717, 1.165) is 19.3 Å². The van der Waals surface area contributed by atoms with Gasteiger partial charge in [-0.1, -0.05) is 30.3 Å². The molecule has 0 unspecified atom stereocenters. The molecule has 0 spiro atoms. The SMILES string of the molecule is CCOCCn1cc(C(=O)NCC23CC(c4ccccc4)(C2)C3)ccc1=O. The van der Waals surface area contributed by atoms with Crippen LogP contribution in [-0.2, 0) is 16.7 Å². The van der Waals surface area contributed by atoms with Crippen LogP contribution in [0.2, 0.25) is 0 Å². The Morgan fingerprint density at radius 2 is 1.89 bits per heavy atom. The van der Waals surface area contributed by atoms with E-state index in [1.54, 1.807) is 12.3 Å². The third-order valence-electron chi connectivity index (χ3n) is 6.08. The quantitative estimate of drug-likeness (QED) is 0.731. The molecule has 2 aromatic rings. The smallest absolute Gasteiger partial charge is 0.252 e. The molecule has 2 bridgehead atoms. The number of carbonyl (C=O) groups excluding carboxylic acids is 1. The first-order chi connectivity index (χ1) is 13.1. The summed E-state index contributed by atoms with van der Waals surface area (Å²) < 4.78 is 6.84. The van der Waals surface area contributed by atoms with Crippen LogP contribution >= 0.6 is 0 Å². The summed E-state index contributed by atoms with van der Waals surface area (Å²) in [7, 11) is 0. The summed E-state index contributed by atoms with van der Waals surface area (Å²) in [6.45, 7) is 4.16. The highest BCUT2D eigenvalue weighted by molar-refractivity contribution is 5.93. The Balaban J connectivity index is 1.32. The van der Waals surface area contributed by atoms with Crippen LogP contribution in [0.25, 0.3) is 0 Å². The lowest BCUT2D eigenvalue weighted by molar-refractivity contribution is -0.136. The molecule has 1 heterocycles. The number of carbonyl (C=O) groups is 1. The summed E-state index contributed by atoms with van der Waals surface area (Å²) >= 11 is 0. The van der Waals surface area contributed by atoms with Gasteiger partial charge in [0.15, 0.2) is 0 Å². The van der Waals surface area contributed by atoms with Crippen molar-refractivity contribution >= 4 is 5.91 Å². The maximum absolute atomic E-state index is 12.5. The third kappa shape index (κ3) is 3.32. The second kappa shape index (κ2) is 6.97. The Kier molecular flexibility index (Phi) is 4.64. The first kappa shape index (κ1) is 18.0. The van der Waals surface area contributed by atoms with Crippen LogP contribution in [0.4, 0.5) is 0 Å². The first-order valence-corrected chi connectivity index (χ1v) is 9.68. The van der Waals surface area contributed by atoms with Crippen molar-refractivity contribution in [2.45, 2.75) is 38.1 Å². The van der Waals surface area contributed by atoms with Gasteiger partial charge in [0.2, 0.25) is 0 Å². The van der Waals surface area contributed by atoms with Gasteiger partial charge >= 0.3 is 0 Å². The molecule has 0 saturated heterocycles. The molecule has 1 aromatic carbocycles. The molecular formula is C22H26N2O3. The topological polar surface area (TPSA) is 60.3 Å². The predicted molar refractivity (Wildman–Crippen MR) is 104 cm³/mol. The first-order valence-electron chi connectivity index (χ1n) is 9.68. The molecule has 0 radical (unpaired) electrons. The molecule has 142 valence electrons. The van der Waals surface area contributed by atoms with E-state index in [1.165, 1.54) is 16.2 Å². The predicted octanol–water partition coefficient (Wildman–Crippen LogP) is 2.74. The number of nitrogens with zero attached hydrogens (tertiary/aromatic N) is 1. The van der Waals surface area contributed by atoms with E-state index in [4.69, 9.17) is 4.74 Å². The van der Waals surface area contributed by atoms with Gasteiger partial charge in [-0.3, -0.25) is 9.59 Å². The highest BCUT2D eigenvalue weighted by atomic mass is 16.5. The zero-order chi connectivity index (χ0) is 18.9. The number of hydrogen-bond acceptors (Lipinski definition) is 3. The van der Waals surface area contributed by atoms with Crippen molar-refractivity contribution in [1.82, 2.24) is 9.88 Å². The van der Waals surface area contributed by atoms with Crippen LogP contribution in [0.1, 0.15) is 42.1 Å². The van der Waals surface area contributed by atoms with Crippen LogP contribution in [-0.4, -0.2) is 30.2 Å². The molecule has 27 heavy (non-hydrogen) atoms. The standard InChI is InChI=1S/C22H26N2O3/c1-2-27-11-10-24-12-17(8-9-19(24)25)20(26)23-16-21-13-22(14-21,15-21)18-6-4-3-5-7-18/h3-9,12H,2,10-11,13-16H2,1H3,(H,23,26). The van der Waals surface area contributed by atoms with Crippen molar-refractivity contribution in [1.29, 1.82) is 0 Å². The van der Waals surface area contributed by atoms with E-state index in [-0.39, 0.29) is 16.9 Å². The highest BCUT2D eigenvalue weighted by Gasteiger charge is 2.67. The maximum atomic E-state index is 12.5. The van der Waals surface area contributed by atoms with Gasteiger partial charge in [-0.05, 0) is 48.6 Å². The zero-order valence-electron chi connectivity index (χ0n) is 15.7. The van der Waals surface area contributed by atoms with Crippen LogP contribution in [0.15, 0.2) is 53.5 Å². The molecule has 3 saturated carbocycles. The van der Waals surface area contributed by atoms with Gasteiger partial charge in [-0.15, -0.1) is 0 Å². The number of rotatable bonds is 8. The normalized spacial score (nSPS) is 25.4. The molecule has 3 aliphatic rings. The van der Waals surface area contributed by atoms with Crippen molar-refractivity contribution in [3.63, 3.8) is 0 Å². The van der Waals surface area contributed by atoms with E-state index in [2.05, 4.69) is 35.6 Å². The van der Waals surface area contributed by atoms with Gasteiger partial charge in [0.1, 0.15) is 0 Å². The lowest BCUT2D eigenvalue weighted by atomic mass is 9.33. The molecule has 5 rings (SSSR count). The number of pyridine rings is 1. The van der Waals surface area contributed by atoms with E-state index in [1.807, 2.05) is 6.92 Å². The highest BCUT2D eigenvalue weighted by Crippen LogP contribution is 2.73. The van der Waals surface area contributed by atoms with E-state index in [9.17, 15) is 9.59 Å². The van der Waals surface area contributed by atoms with E-state index < -0.39 is 0 Å². The minimum absolute atomic E-state index is 0.112. The van der Waals surface area contributed by atoms with Crippen molar-refractivity contribution in [3.05, 3.63) is 70.1 Å². The van der Waals surface area contributed by atoms with Crippen LogP contribution in [0.5, 0.6) is 0 Å². The summed E-state index contributed by atoms with van der Waals surface area (Å²) in [5, 5.41) is 3.08. The second-order valence-corrected chi connectivity index (χ2v) is 8.01. The summed E-state index contributed by atoms with van der Waals surface area (Å²) in [5.74, 6) is -0.112. The van der Waals surface area contributed by atoms with Crippen LogP contribution in [0, 0.1) is 5.41 Å². The van der Waals surface area contributed by atoms with Gasteiger partial charge in [0, 0.05) is 32.0 Å². The van der Waals surface area contributed by atoms with E-state index in [0.29, 0.717) is 37.3 Å². The van der Waals surface area contributed by atoms with Crippen molar-refractivity contribution < 1.29 is 9.53 Å². The second-order valence-electron chi connectivity index (χ2n) is 8.01. The molecule has 0 atom stereocenters. The lowest BCUT2D eigenvalue weighted by Gasteiger charge is -2.71. The Morgan fingerprint density at radius 1 is 1.15 bits per heavy atom. The average molecular weight is 366 g/mol. The van der Waals surface area contributed by atoms with Crippen LogP contribution < -0.4 is 10.9 Å². The maximum Gasteiger partial charge on any atom is 0.252 e. The molecule has 5 heteroatoms. The molecule has 5 nitrogen and oxygen atoms in total. The van der Waals surface area contributed by atoms with Crippen LogP contribution in [0.3, 0.4) is 0 Å². The molecule has 1 amide bonds. The zero-order valence-corrected chi connectivity index (χ0v) is 15.7. The van der Waals surface area contributed by atoms with E-state index >= 15 is 0 Å². The average Bonchev–Trinajstić information content (AvgIpc) is 2.62. The number of nitrogens with one attached hydrogen (secondary N) is 1. The molecule has 1 N–H and O–H groups in total. The molecule has 3 aliphatic carbocycles. The number of aromatic nitrogens is 1. The minimum Gasteiger partial charge on any atom is -0.380 e. The Hall–Kier alpha value is -2.40. The summed E-state index contributed by atoms with van der Waals surface area (Å²) in [5.41, 5.74) is 2.44. The minimum atomic E-state index is -0.115. The Labute approximate surface area is 159 Å². The number of amides is 1. The summed E-state index contributed by atoms with van der Waals surface area (Å²) in [6.07, 6.45) is 5.08. The summed E-state index contributed by atoms with van der Waals surface area (Å²) in [6, 6.07) is 13.7. The molecule has 3 fully saturated rings. The van der Waals surface area contributed by atoms with Gasteiger partial charge in [0.25, 0.3) is 11.5 Å². The summed E-state index contributed by atoms with van der Waals surface area (Å²) in [4.78, 5) is 24.4. The largest absolute Gasteiger partial charge is 0.380 e. The molecular weight excluding hydrogens is 340 g/mol. The fourth-order valence-electron chi connectivity index (χ4n) is 4.80. The fourth-order valence-corrected chi connectivity index (χ4v) is 4.80. The molecule has 0 aliphatic heterocycles. The monoisotopic (exact) mass is 366 g/mol. The fraction of sp³-hybridized carbons (Fsp3) is 0.455. The van der Waals surface area contributed by atoms with Crippen molar-refractivity contribution in [2.24, 2.45) is 5.41 Å². The van der Waals surface area contributed by atoms with Gasteiger partial charge in [-0.2, -0.15) is 0 Å². The Morgan fingerprint density at radius 3 is 2.59 bits per heavy atom. The van der Waals surface area contributed by atoms with Crippen molar-refractivity contribution in [3.8, 4) is 0 Å².